The molecular formula is C14H21N3O. The number of aromatic nitrogens is 2. The van der Waals surface area contributed by atoms with Gasteiger partial charge in [0, 0.05) is 18.1 Å². The molecule has 1 aromatic rings. The number of anilines is 1. The van der Waals surface area contributed by atoms with Gasteiger partial charge in [0.1, 0.15) is 6.33 Å². The van der Waals surface area contributed by atoms with Gasteiger partial charge >= 0.3 is 0 Å². The lowest BCUT2D eigenvalue weighted by Crippen LogP contribution is -2.60. The van der Waals surface area contributed by atoms with E-state index in [9.17, 15) is 0 Å². The maximum atomic E-state index is 5.91. The van der Waals surface area contributed by atoms with Crippen LogP contribution >= 0.6 is 0 Å². The smallest absolute Gasteiger partial charge is 0.115 e. The Morgan fingerprint density at radius 3 is 2.72 bits per heavy atom. The molecule has 2 aliphatic carbocycles. The molecule has 2 saturated carbocycles. The quantitative estimate of drug-likeness (QED) is 0.888. The van der Waals surface area contributed by atoms with Gasteiger partial charge in [0.2, 0.25) is 0 Å². The Morgan fingerprint density at radius 1 is 1.33 bits per heavy atom. The number of nitrogens with one attached hydrogen (secondary N) is 1. The van der Waals surface area contributed by atoms with Crippen molar-refractivity contribution in [1.82, 2.24) is 9.97 Å². The summed E-state index contributed by atoms with van der Waals surface area (Å²) in [6.07, 6.45) is 12.1. The molecule has 0 aliphatic heterocycles. The van der Waals surface area contributed by atoms with Crippen molar-refractivity contribution in [2.75, 3.05) is 11.9 Å². The molecule has 2 aliphatic rings. The Bertz CT molecular complexity index is 389. The molecule has 4 heteroatoms. The molecule has 0 aromatic carbocycles. The van der Waals surface area contributed by atoms with Crippen LogP contribution in [0.2, 0.25) is 0 Å². The Balaban J connectivity index is 1.70. The Labute approximate surface area is 108 Å². The van der Waals surface area contributed by atoms with Crippen LogP contribution in [0.25, 0.3) is 0 Å². The van der Waals surface area contributed by atoms with Crippen LogP contribution in [-0.2, 0) is 4.74 Å². The lowest BCUT2D eigenvalue weighted by molar-refractivity contribution is -0.114. The molecule has 1 spiro atoms. The largest absolute Gasteiger partial charge is 0.379 e. The molecule has 2 atom stereocenters. The van der Waals surface area contributed by atoms with E-state index in [-0.39, 0.29) is 0 Å². The summed E-state index contributed by atoms with van der Waals surface area (Å²) in [5.74, 6) is 0. The summed E-state index contributed by atoms with van der Waals surface area (Å²) in [6, 6.07) is 0.530. The van der Waals surface area contributed by atoms with Crippen molar-refractivity contribution < 1.29 is 4.74 Å². The van der Waals surface area contributed by atoms with Crippen LogP contribution in [0, 0.1) is 5.41 Å². The molecule has 2 fully saturated rings. The summed E-state index contributed by atoms with van der Waals surface area (Å²) < 4.78 is 5.91. The normalized spacial score (nSPS) is 29.2. The average molecular weight is 247 g/mol. The highest BCUT2D eigenvalue weighted by molar-refractivity contribution is 5.41. The second-order valence-corrected chi connectivity index (χ2v) is 5.44. The summed E-state index contributed by atoms with van der Waals surface area (Å²) >= 11 is 0. The van der Waals surface area contributed by atoms with E-state index < -0.39 is 0 Å². The summed E-state index contributed by atoms with van der Waals surface area (Å²) in [7, 11) is 0. The minimum atomic E-state index is 0.367. The van der Waals surface area contributed by atoms with Crippen LogP contribution in [0.1, 0.15) is 39.0 Å². The van der Waals surface area contributed by atoms with Crippen LogP contribution < -0.4 is 5.32 Å². The third-order valence-electron chi connectivity index (χ3n) is 4.59. The fraction of sp³-hybridized carbons (Fsp3) is 0.714. The number of nitrogens with zero attached hydrogens (tertiary/aromatic N) is 2. The zero-order valence-electron chi connectivity index (χ0n) is 10.9. The molecule has 0 radical (unpaired) electrons. The highest BCUT2D eigenvalue weighted by Crippen LogP contribution is 2.55. The van der Waals surface area contributed by atoms with Crippen LogP contribution in [0.5, 0.6) is 0 Å². The first-order valence-electron chi connectivity index (χ1n) is 6.98. The molecule has 1 heterocycles. The topological polar surface area (TPSA) is 47.0 Å². The second kappa shape index (κ2) is 4.84. The van der Waals surface area contributed by atoms with Crippen LogP contribution in [0.4, 0.5) is 5.69 Å². The highest BCUT2D eigenvalue weighted by Gasteiger charge is 2.56. The van der Waals surface area contributed by atoms with Crippen LogP contribution in [0.15, 0.2) is 18.7 Å². The molecule has 3 rings (SSSR count). The van der Waals surface area contributed by atoms with Crippen molar-refractivity contribution >= 4 is 5.69 Å². The van der Waals surface area contributed by atoms with Crippen LogP contribution in [0.3, 0.4) is 0 Å². The first-order chi connectivity index (χ1) is 8.85. The Morgan fingerprint density at radius 2 is 2.06 bits per heavy atom. The lowest BCUT2D eigenvalue weighted by Gasteiger charge is -2.54. The fourth-order valence-electron chi connectivity index (χ4n) is 3.66. The van der Waals surface area contributed by atoms with Gasteiger partial charge in [-0.1, -0.05) is 12.8 Å². The van der Waals surface area contributed by atoms with Crippen molar-refractivity contribution in [3.05, 3.63) is 18.7 Å². The van der Waals surface area contributed by atoms with Crippen molar-refractivity contribution in [3.8, 4) is 0 Å². The van der Waals surface area contributed by atoms with Crippen molar-refractivity contribution in [3.63, 3.8) is 0 Å². The highest BCUT2D eigenvalue weighted by atomic mass is 16.5. The molecule has 18 heavy (non-hydrogen) atoms. The van der Waals surface area contributed by atoms with E-state index in [0.717, 1.165) is 18.7 Å². The SMILES string of the molecule is CCOC1CC(Nc2cncnc2)C12CCCC2. The molecule has 0 bridgehead atoms. The van der Waals surface area contributed by atoms with E-state index in [2.05, 4.69) is 22.2 Å². The van der Waals surface area contributed by atoms with Gasteiger partial charge in [0.05, 0.1) is 24.2 Å². The lowest BCUT2D eigenvalue weighted by atomic mass is 9.60. The predicted molar refractivity (Wildman–Crippen MR) is 70.4 cm³/mol. The minimum Gasteiger partial charge on any atom is -0.379 e. The number of hydrogen-bond acceptors (Lipinski definition) is 4. The first-order valence-corrected chi connectivity index (χ1v) is 6.98. The van der Waals surface area contributed by atoms with Crippen molar-refractivity contribution in [1.29, 1.82) is 0 Å². The van der Waals surface area contributed by atoms with Gasteiger partial charge in [-0.15, -0.1) is 0 Å². The molecule has 98 valence electrons. The van der Waals surface area contributed by atoms with E-state index in [1.165, 1.54) is 25.7 Å². The van der Waals surface area contributed by atoms with Crippen molar-refractivity contribution in [2.24, 2.45) is 5.41 Å². The maximum Gasteiger partial charge on any atom is 0.115 e. The first kappa shape index (κ1) is 11.9. The van der Waals surface area contributed by atoms with Gasteiger partial charge in [-0.2, -0.15) is 0 Å². The monoisotopic (exact) mass is 247 g/mol. The summed E-state index contributed by atoms with van der Waals surface area (Å²) in [4.78, 5) is 8.12. The molecule has 1 N–H and O–H groups in total. The minimum absolute atomic E-state index is 0.367. The van der Waals surface area contributed by atoms with E-state index in [1.54, 1.807) is 6.33 Å². The summed E-state index contributed by atoms with van der Waals surface area (Å²) in [5, 5.41) is 3.59. The molecule has 0 amide bonds. The van der Waals surface area contributed by atoms with Gasteiger partial charge < -0.3 is 10.1 Å². The maximum absolute atomic E-state index is 5.91. The summed E-state index contributed by atoms with van der Waals surface area (Å²) in [5.41, 5.74) is 1.40. The number of ether oxygens (including phenoxy) is 1. The van der Waals surface area contributed by atoms with Gasteiger partial charge in [-0.25, -0.2) is 9.97 Å². The Hall–Kier alpha value is -1.16. The number of rotatable bonds is 4. The molecule has 2 unspecified atom stereocenters. The number of hydrogen-bond donors (Lipinski definition) is 1. The van der Waals surface area contributed by atoms with Gasteiger partial charge in [-0.3, -0.25) is 0 Å². The zero-order valence-corrected chi connectivity index (χ0v) is 10.9. The summed E-state index contributed by atoms with van der Waals surface area (Å²) in [6.45, 7) is 2.92. The van der Waals surface area contributed by atoms with E-state index in [0.29, 0.717) is 17.6 Å². The molecule has 4 nitrogen and oxygen atoms in total. The van der Waals surface area contributed by atoms with E-state index in [1.807, 2.05) is 12.4 Å². The van der Waals surface area contributed by atoms with Gasteiger partial charge in [0.25, 0.3) is 0 Å². The van der Waals surface area contributed by atoms with Crippen LogP contribution in [-0.4, -0.2) is 28.7 Å². The molecule has 0 saturated heterocycles. The fourth-order valence-corrected chi connectivity index (χ4v) is 3.66. The Kier molecular flexibility index (Phi) is 3.20. The van der Waals surface area contributed by atoms with Gasteiger partial charge in [0.15, 0.2) is 0 Å². The predicted octanol–water partition coefficient (Wildman–Crippen LogP) is 2.63. The zero-order chi connectivity index (χ0) is 12.4. The standard InChI is InChI=1S/C14H21N3O/c1-2-18-13-7-12(14(13)5-3-4-6-14)17-11-8-15-10-16-9-11/h8-10,12-13,17H,2-7H2,1H3. The van der Waals surface area contributed by atoms with Crippen molar-refractivity contribution in [2.45, 2.75) is 51.2 Å². The molecule has 1 aromatic heterocycles. The van der Waals surface area contributed by atoms with E-state index >= 15 is 0 Å². The van der Waals surface area contributed by atoms with Gasteiger partial charge in [-0.05, 0) is 26.2 Å². The second-order valence-electron chi connectivity index (χ2n) is 5.44. The third kappa shape index (κ3) is 1.88. The third-order valence-corrected chi connectivity index (χ3v) is 4.59. The average Bonchev–Trinajstić information content (AvgIpc) is 2.91. The molecular weight excluding hydrogens is 226 g/mol. The van der Waals surface area contributed by atoms with E-state index in [4.69, 9.17) is 4.74 Å².